The predicted octanol–water partition coefficient (Wildman–Crippen LogP) is 2.41. The molecule has 1 aromatic heterocycles. The number of unbranched alkanes of at least 4 members (excludes halogenated alkanes) is 1. The second-order valence-corrected chi connectivity index (χ2v) is 7.75. The molecule has 2 aromatic rings. The molecule has 0 fully saturated rings. The van der Waals surface area contributed by atoms with Crippen molar-refractivity contribution in [1.82, 2.24) is 4.90 Å². The lowest BCUT2D eigenvalue weighted by Crippen LogP contribution is -3.17. The van der Waals surface area contributed by atoms with E-state index in [1.165, 1.54) is 12.7 Å². The molecule has 30 heavy (non-hydrogen) atoms. The fraction of sp³-hybridized carbons (Fsp3) is 0.500. The second kappa shape index (κ2) is 12.2. The molecule has 1 amide bonds. The zero-order chi connectivity index (χ0) is 21.9. The lowest BCUT2D eigenvalue weighted by atomic mass is 10.1. The summed E-state index contributed by atoms with van der Waals surface area (Å²) in [7, 11) is 1.39. The zero-order valence-electron chi connectivity index (χ0n) is 18.6. The van der Waals surface area contributed by atoms with Crippen LogP contribution in [0.2, 0.25) is 0 Å². The van der Waals surface area contributed by atoms with E-state index < -0.39 is 0 Å². The van der Waals surface area contributed by atoms with E-state index in [0.29, 0.717) is 13.1 Å². The number of hydrogen-bond donors (Lipinski definition) is 1. The quantitative estimate of drug-likeness (QED) is 0.541. The minimum atomic E-state index is -0.382. The van der Waals surface area contributed by atoms with Gasteiger partial charge in [0.2, 0.25) is 0 Å². The number of nitrogens with one attached hydrogen (secondary N) is 1. The summed E-state index contributed by atoms with van der Waals surface area (Å²) in [6.45, 7) is 7.86. The third-order valence-corrected chi connectivity index (χ3v) is 5.41. The predicted molar refractivity (Wildman–Crippen MR) is 116 cm³/mol. The SMILES string of the molecule is CCCC[NH+](CC(=O)N(CCc1ccccc1)Cc1ccc(C)o1)[C@H](C)C(=O)OC. The van der Waals surface area contributed by atoms with Gasteiger partial charge in [-0.05, 0) is 44.4 Å². The van der Waals surface area contributed by atoms with E-state index in [9.17, 15) is 9.59 Å². The summed E-state index contributed by atoms with van der Waals surface area (Å²) in [6, 6.07) is 13.6. The van der Waals surface area contributed by atoms with Crippen molar-refractivity contribution in [2.45, 2.75) is 52.6 Å². The number of benzene rings is 1. The Morgan fingerprint density at radius 2 is 1.90 bits per heavy atom. The standard InChI is InChI=1S/C24H34N2O4/c1-5-6-15-25(20(3)24(28)29-4)18-23(27)26(17-22-13-12-19(2)30-22)16-14-21-10-8-7-9-11-21/h7-13,20H,5-6,14-18H2,1-4H3/p+1/t20-/m1/s1. The number of quaternary nitrogens is 1. The molecule has 1 heterocycles. The van der Waals surface area contributed by atoms with Crippen LogP contribution in [0.5, 0.6) is 0 Å². The van der Waals surface area contributed by atoms with Crippen LogP contribution < -0.4 is 4.90 Å². The minimum absolute atomic E-state index is 0.0156. The molecule has 164 valence electrons. The maximum atomic E-state index is 13.3. The van der Waals surface area contributed by atoms with E-state index in [0.717, 1.165) is 42.2 Å². The Morgan fingerprint density at radius 1 is 1.17 bits per heavy atom. The third kappa shape index (κ3) is 7.34. The molecule has 2 atom stereocenters. The number of rotatable bonds is 12. The van der Waals surface area contributed by atoms with Crippen LogP contribution in [0.15, 0.2) is 46.9 Å². The largest absolute Gasteiger partial charge is 0.465 e. The van der Waals surface area contributed by atoms with Gasteiger partial charge in [-0.25, -0.2) is 4.79 Å². The van der Waals surface area contributed by atoms with Crippen molar-refractivity contribution in [1.29, 1.82) is 0 Å². The van der Waals surface area contributed by atoms with Gasteiger partial charge < -0.3 is 19.0 Å². The van der Waals surface area contributed by atoms with Crippen LogP contribution in [-0.2, 0) is 27.3 Å². The van der Waals surface area contributed by atoms with Crippen LogP contribution in [0.1, 0.15) is 43.8 Å². The van der Waals surface area contributed by atoms with Gasteiger partial charge in [-0.2, -0.15) is 0 Å². The summed E-state index contributed by atoms with van der Waals surface area (Å²) in [4.78, 5) is 28.1. The summed E-state index contributed by atoms with van der Waals surface area (Å²) in [5, 5.41) is 0. The maximum Gasteiger partial charge on any atom is 0.364 e. The van der Waals surface area contributed by atoms with Gasteiger partial charge in [0.05, 0.1) is 20.2 Å². The van der Waals surface area contributed by atoms with E-state index in [4.69, 9.17) is 9.15 Å². The Balaban J connectivity index is 2.12. The van der Waals surface area contributed by atoms with E-state index in [1.54, 1.807) is 0 Å². The number of carbonyl (C=O) groups excluding carboxylic acids is 2. The summed E-state index contributed by atoms with van der Waals surface area (Å²) in [5.74, 6) is 1.33. The van der Waals surface area contributed by atoms with Gasteiger partial charge in [-0.15, -0.1) is 0 Å². The molecule has 6 nitrogen and oxygen atoms in total. The molecule has 0 aliphatic carbocycles. The smallest absolute Gasteiger partial charge is 0.364 e. The molecule has 0 aliphatic heterocycles. The van der Waals surface area contributed by atoms with Crippen molar-refractivity contribution in [3.8, 4) is 0 Å². The normalized spacial score (nSPS) is 12.9. The summed E-state index contributed by atoms with van der Waals surface area (Å²) >= 11 is 0. The third-order valence-electron chi connectivity index (χ3n) is 5.41. The van der Waals surface area contributed by atoms with Gasteiger partial charge in [0.1, 0.15) is 11.5 Å². The van der Waals surface area contributed by atoms with Gasteiger partial charge in [0.25, 0.3) is 5.91 Å². The molecule has 0 bridgehead atoms. The molecule has 0 saturated heterocycles. The van der Waals surface area contributed by atoms with Crippen molar-refractivity contribution in [2.24, 2.45) is 0 Å². The Bertz CT molecular complexity index is 788. The summed E-state index contributed by atoms with van der Waals surface area (Å²) in [6.07, 6.45) is 2.73. The highest BCUT2D eigenvalue weighted by Crippen LogP contribution is 2.11. The Labute approximate surface area is 179 Å². The van der Waals surface area contributed by atoms with Crippen molar-refractivity contribution in [3.05, 3.63) is 59.5 Å². The average Bonchev–Trinajstić information content (AvgIpc) is 3.18. The highest BCUT2D eigenvalue weighted by Gasteiger charge is 2.29. The number of carbonyl (C=O) groups is 2. The van der Waals surface area contributed by atoms with Crippen molar-refractivity contribution < 1.29 is 23.6 Å². The van der Waals surface area contributed by atoms with E-state index in [2.05, 4.69) is 19.1 Å². The molecule has 1 aromatic carbocycles. The molecular weight excluding hydrogens is 380 g/mol. The number of furan rings is 1. The van der Waals surface area contributed by atoms with Crippen LogP contribution in [-0.4, -0.2) is 49.6 Å². The highest BCUT2D eigenvalue weighted by molar-refractivity contribution is 5.78. The number of nitrogens with zero attached hydrogens (tertiary/aromatic N) is 1. The number of amides is 1. The van der Waals surface area contributed by atoms with Crippen molar-refractivity contribution >= 4 is 11.9 Å². The van der Waals surface area contributed by atoms with E-state index >= 15 is 0 Å². The van der Waals surface area contributed by atoms with E-state index in [1.807, 2.05) is 49.1 Å². The van der Waals surface area contributed by atoms with Gasteiger partial charge in [-0.3, -0.25) is 4.79 Å². The van der Waals surface area contributed by atoms with Crippen molar-refractivity contribution in [2.75, 3.05) is 26.7 Å². The van der Waals surface area contributed by atoms with Crippen molar-refractivity contribution in [3.63, 3.8) is 0 Å². The van der Waals surface area contributed by atoms with Gasteiger partial charge in [-0.1, -0.05) is 43.7 Å². The molecule has 0 saturated carbocycles. The minimum Gasteiger partial charge on any atom is -0.465 e. The fourth-order valence-corrected chi connectivity index (χ4v) is 3.47. The van der Waals surface area contributed by atoms with Crippen LogP contribution >= 0.6 is 0 Å². The Kier molecular flexibility index (Phi) is 9.61. The summed E-state index contributed by atoms with van der Waals surface area (Å²) in [5.41, 5.74) is 1.18. The number of methoxy groups -OCH3 is 1. The number of hydrogen-bond acceptors (Lipinski definition) is 4. The lowest BCUT2D eigenvalue weighted by Gasteiger charge is -2.27. The first-order valence-corrected chi connectivity index (χ1v) is 10.7. The van der Waals surface area contributed by atoms with Gasteiger partial charge >= 0.3 is 5.97 Å². The number of aryl methyl sites for hydroxylation is 1. The molecular formula is C24H35N2O4+. The van der Waals surface area contributed by atoms with Gasteiger partial charge in [0, 0.05) is 6.54 Å². The van der Waals surface area contributed by atoms with Gasteiger partial charge in [0.15, 0.2) is 12.6 Å². The van der Waals surface area contributed by atoms with Crippen LogP contribution in [0, 0.1) is 6.92 Å². The van der Waals surface area contributed by atoms with E-state index in [-0.39, 0.29) is 24.5 Å². The topological polar surface area (TPSA) is 64.2 Å². The highest BCUT2D eigenvalue weighted by atomic mass is 16.5. The maximum absolute atomic E-state index is 13.3. The van der Waals surface area contributed by atoms with Crippen LogP contribution in [0.4, 0.5) is 0 Å². The lowest BCUT2D eigenvalue weighted by molar-refractivity contribution is -0.907. The molecule has 2 rings (SSSR count). The molecule has 1 unspecified atom stereocenters. The first kappa shape index (κ1) is 23.7. The molecule has 0 radical (unpaired) electrons. The molecule has 1 N–H and O–H groups in total. The molecule has 0 aliphatic rings. The fourth-order valence-electron chi connectivity index (χ4n) is 3.47. The summed E-state index contributed by atoms with van der Waals surface area (Å²) < 4.78 is 10.6. The number of ether oxygens (including phenoxy) is 1. The molecule has 0 spiro atoms. The monoisotopic (exact) mass is 415 g/mol. The number of esters is 1. The first-order valence-electron chi connectivity index (χ1n) is 10.7. The molecule has 6 heteroatoms. The Hall–Kier alpha value is -2.60. The zero-order valence-corrected chi connectivity index (χ0v) is 18.6. The van der Waals surface area contributed by atoms with Crippen LogP contribution in [0.25, 0.3) is 0 Å². The Morgan fingerprint density at radius 3 is 2.50 bits per heavy atom. The average molecular weight is 416 g/mol. The second-order valence-electron chi connectivity index (χ2n) is 7.75. The first-order chi connectivity index (χ1) is 14.4. The van der Waals surface area contributed by atoms with Crippen LogP contribution in [0.3, 0.4) is 0 Å².